The molecule has 0 bridgehead atoms. The largest absolute Gasteiger partial charge is 0.378 e. The minimum atomic E-state index is 0.102. The number of carbonyl (C=O) groups is 1. The molecule has 1 heterocycles. The minimum absolute atomic E-state index is 0.102. The van der Waals surface area contributed by atoms with Crippen LogP contribution in [-0.2, 0) is 9.53 Å². The number of hydrogen-bond donors (Lipinski definition) is 1. The predicted molar refractivity (Wildman–Crippen MR) is 84.6 cm³/mol. The maximum Gasteiger partial charge on any atom is 0.224 e. The van der Waals surface area contributed by atoms with Crippen LogP contribution in [-0.4, -0.2) is 32.2 Å². The first-order chi connectivity index (χ1) is 10.3. The van der Waals surface area contributed by atoms with Crippen molar-refractivity contribution in [2.24, 2.45) is 5.92 Å². The van der Waals surface area contributed by atoms with Gasteiger partial charge in [-0.05, 0) is 43.0 Å². The number of anilines is 2. The molecule has 1 aromatic carbocycles. The van der Waals surface area contributed by atoms with E-state index >= 15 is 0 Å². The SMILES string of the molecule is O=C(C[C@@H]1C=CCC1)Nc1ccc(N2CCOCC2)cc1. The summed E-state index contributed by atoms with van der Waals surface area (Å²) >= 11 is 0. The molecule has 3 rings (SSSR count). The maximum absolute atomic E-state index is 12.0. The topological polar surface area (TPSA) is 41.6 Å². The molecule has 2 aliphatic rings. The van der Waals surface area contributed by atoms with E-state index in [-0.39, 0.29) is 5.91 Å². The lowest BCUT2D eigenvalue weighted by atomic mass is 10.1. The molecule has 1 aromatic rings. The van der Waals surface area contributed by atoms with Crippen LogP contribution in [0.5, 0.6) is 0 Å². The Hall–Kier alpha value is -1.81. The number of allylic oxidation sites excluding steroid dienone is 2. The number of ether oxygens (including phenoxy) is 1. The smallest absolute Gasteiger partial charge is 0.224 e. The third-order valence-electron chi connectivity index (χ3n) is 4.09. The summed E-state index contributed by atoms with van der Waals surface area (Å²) in [5, 5.41) is 2.98. The number of amides is 1. The quantitative estimate of drug-likeness (QED) is 0.865. The molecular formula is C17H22N2O2. The van der Waals surface area contributed by atoms with Gasteiger partial charge in [-0.25, -0.2) is 0 Å². The molecule has 1 aliphatic carbocycles. The van der Waals surface area contributed by atoms with Crippen molar-refractivity contribution in [3.05, 3.63) is 36.4 Å². The summed E-state index contributed by atoms with van der Waals surface area (Å²) in [6, 6.07) is 8.09. The minimum Gasteiger partial charge on any atom is -0.378 e. The zero-order valence-corrected chi connectivity index (χ0v) is 12.3. The van der Waals surface area contributed by atoms with E-state index in [1.807, 2.05) is 12.1 Å². The molecule has 0 aromatic heterocycles. The van der Waals surface area contributed by atoms with Crippen molar-refractivity contribution >= 4 is 17.3 Å². The highest BCUT2D eigenvalue weighted by atomic mass is 16.5. The molecule has 1 fully saturated rings. The average Bonchev–Trinajstić information content (AvgIpc) is 3.02. The molecule has 4 nitrogen and oxygen atoms in total. The Balaban J connectivity index is 1.53. The molecule has 1 amide bonds. The average molecular weight is 286 g/mol. The van der Waals surface area contributed by atoms with Crippen LogP contribution in [0.25, 0.3) is 0 Å². The van der Waals surface area contributed by atoms with E-state index in [1.54, 1.807) is 0 Å². The lowest BCUT2D eigenvalue weighted by molar-refractivity contribution is -0.116. The van der Waals surface area contributed by atoms with Crippen LogP contribution in [0.3, 0.4) is 0 Å². The summed E-state index contributed by atoms with van der Waals surface area (Å²) in [5.74, 6) is 0.517. The van der Waals surface area contributed by atoms with Crippen LogP contribution in [0.15, 0.2) is 36.4 Å². The van der Waals surface area contributed by atoms with Crippen molar-refractivity contribution in [2.45, 2.75) is 19.3 Å². The van der Waals surface area contributed by atoms with Crippen molar-refractivity contribution in [2.75, 3.05) is 36.5 Å². The van der Waals surface area contributed by atoms with Crippen LogP contribution in [0, 0.1) is 5.92 Å². The monoisotopic (exact) mass is 286 g/mol. The van der Waals surface area contributed by atoms with E-state index in [2.05, 4.69) is 34.5 Å². The predicted octanol–water partition coefficient (Wildman–Crippen LogP) is 2.82. The van der Waals surface area contributed by atoms with Crippen molar-refractivity contribution in [3.63, 3.8) is 0 Å². The van der Waals surface area contributed by atoms with Gasteiger partial charge in [0.25, 0.3) is 0 Å². The van der Waals surface area contributed by atoms with Gasteiger partial charge in [0.1, 0.15) is 0 Å². The molecule has 1 N–H and O–H groups in total. The van der Waals surface area contributed by atoms with Crippen molar-refractivity contribution < 1.29 is 9.53 Å². The summed E-state index contributed by atoms with van der Waals surface area (Å²) < 4.78 is 5.36. The summed E-state index contributed by atoms with van der Waals surface area (Å²) in [5.41, 5.74) is 2.06. The molecule has 4 heteroatoms. The van der Waals surface area contributed by atoms with Gasteiger partial charge in [-0.15, -0.1) is 0 Å². The number of carbonyl (C=O) groups excluding carboxylic acids is 1. The number of morpholine rings is 1. The fourth-order valence-electron chi connectivity index (χ4n) is 2.89. The van der Waals surface area contributed by atoms with Crippen LogP contribution < -0.4 is 10.2 Å². The third kappa shape index (κ3) is 3.85. The standard InChI is InChI=1S/C17H22N2O2/c20-17(13-14-3-1-2-4-14)18-15-5-7-16(8-6-15)19-9-11-21-12-10-19/h1,3,5-8,14H,2,4,9-13H2,(H,18,20)/t14-/m1/s1. The van der Waals surface area contributed by atoms with E-state index in [4.69, 9.17) is 4.74 Å². The maximum atomic E-state index is 12.0. The number of hydrogen-bond acceptors (Lipinski definition) is 3. The van der Waals surface area contributed by atoms with Crippen molar-refractivity contribution in [3.8, 4) is 0 Å². The molecule has 1 aliphatic heterocycles. The highest BCUT2D eigenvalue weighted by Gasteiger charge is 2.14. The second-order valence-electron chi connectivity index (χ2n) is 5.66. The number of nitrogens with zero attached hydrogens (tertiary/aromatic N) is 1. The van der Waals surface area contributed by atoms with Gasteiger partial charge in [0.2, 0.25) is 5.91 Å². The first kappa shape index (κ1) is 14.1. The summed E-state index contributed by atoms with van der Waals surface area (Å²) in [4.78, 5) is 14.3. The molecule has 0 unspecified atom stereocenters. The van der Waals surface area contributed by atoms with Gasteiger partial charge in [-0.3, -0.25) is 4.79 Å². The van der Waals surface area contributed by atoms with Crippen molar-refractivity contribution in [1.82, 2.24) is 0 Å². The molecule has 21 heavy (non-hydrogen) atoms. The zero-order chi connectivity index (χ0) is 14.5. The second-order valence-corrected chi connectivity index (χ2v) is 5.66. The highest BCUT2D eigenvalue weighted by Crippen LogP contribution is 2.22. The Kier molecular flexibility index (Phi) is 4.55. The second kappa shape index (κ2) is 6.76. The molecule has 0 saturated carbocycles. The molecule has 1 saturated heterocycles. The van der Waals surface area contributed by atoms with E-state index in [0.29, 0.717) is 12.3 Å². The summed E-state index contributed by atoms with van der Waals surface area (Å²) in [6.45, 7) is 3.43. The van der Waals surface area contributed by atoms with Crippen LogP contribution in [0.4, 0.5) is 11.4 Å². The Morgan fingerprint density at radius 2 is 2.00 bits per heavy atom. The molecule has 112 valence electrons. The van der Waals surface area contributed by atoms with Gasteiger partial charge in [0.05, 0.1) is 13.2 Å². The van der Waals surface area contributed by atoms with E-state index in [0.717, 1.165) is 44.8 Å². The summed E-state index contributed by atoms with van der Waals surface area (Å²) in [7, 11) is 0. The number of rotatable bonds is 4. The van der Waals surface area contributed by atoms with Gasteiger partial charge in [0, 0.05) is 30.9 Å². The van der Waals surface area contributed by atoms with E-state index < -0.39 is 0 Å². The van der Waals surface area contributed by atoms with Gasteiger partial charge < -0.3 is 15.0 Å². The van der Waals surface area contributed by atoms with Crippen LogP contribution in [0.1, 0.15) is 19.3 Å². The number of benzene rings is 1. The molecule has 0 spiro atoms. The Morgan fingerprint density at radius 1 is 1.24 bits per heavy atom. The van der Waals surface area contributed by atoms with Gasteiger partial charge in [0.15, 0.2) is 0 Å². The fraction of sp³-hybridized carbons (Fsp3) is 0.471. The van der Waals surface area contributed by atoms with Crippen LogP contribution >= 0.6 is 0 Å². The first-order valence-electron chi connectivity index (χ1n) is 7.70. The normalized spacial score (nSPS) is 21.5. The fourth-order valence-corrected chi connectivity index (χ4v) is 2.89. The Labute approximate surface area is 125 Å². The molecular weight excluding hydrogens is 264 g/mol. The Bertz CT molecular complexity index is 504. The molecule has 1 atom stereocenters. The van der Waals surface area contributed by atoms with Gasteiger partial charge in [-0.1, -0.05) is 12.2 Å². The van der Waals surface area contributed by atoms with Gasteiger partial charge >= 0.3 is 0 Å². The van der Waals surface area contributed by atoms with E-state index in [1.165, 1.54) is 5.69 Å². The zero-order valence-electron chi connectivity index (χ0n) is 12.3. The number of nitrogens with one attached hydrogen (secondary N) is 1. The first-order valence-corrected chi connectivity index (χ1v) is 7.70. The Morgan fingerprint density at radius 3 is 2.67 bits per heavy atom. The lowest BCUT2D eigenvalue weighted by Gasteiger charge is -2.28. The lowest BCUT2D eigenvalue weighted by Crippen LogP contribution is -2.36. The van der Waals surface area contributed by atoms with Crippen LogP contribution in [0.2, 0.25) is 0 Å². The highest BCUT2D eigenvalue weighted by molar-refractivity contribution is 5.91. The van der Waals surface area contributed by atoms with Gasteiger partial charge in [-0.2, -0.15) is 0 Å². The van der Waals surface area contributed by atoms with Crippen molar-refractivity contribution in [1.29, 1.82) is 0 Å². The summed E-state index contributed by atoms with van der Waals surface area (Å²) in [6.07, 6.45) is 7.10. The molecule has 0 radical (unpaired) electrons. The third-order valence-corrected chi connectivity index (χ3v) is 4.09. The van der Waals surface area contributed by atoms with E-state index in [9.17, 15) is 4.79 Å².